The molecule has 0 radical (unpaired) electrons. The Morgan fingerprint density at radius 1 is 1.60 bits per heavy atom. The molecule has 5 nitrogen and oxygen atoms in total. The van der Waals surface area contributed by atoms with Crippen molar-refractivity contribution >= 4 is 23.7 Å². The summed E-state index contributed by atoms with van der Waals surface area (Å²) >= 11 is 5.67. The van der Waals surface area contributed by atoms with Crippen LogP contribution in [-0.4, -0.2) is 35.3 Å². The number of ketones is 1. The van der Waals surface area contributed by atoms with Crippen molar-refractivity contribution in [1.82, 2.24) is 15.4 Å². The lowest BCUT2D eigenvalue weighted by molar-refractivity contribution is 0.0918. The maximum absolute atomic E-state index is 11.7. The quantitative estimate of drug-likeness (QED) is 0.769. The van der Waals surface area contributed by atoms with Crippen LogP contribution < -0.4 is 5.43 Å². The van der Waals surface area contributed by atoms with Crippen LogP contribution in [0.5, 0.6) is 0 Å². The van der Waals surface area contributed by atoms with Crippen LogP contribution in [-0.2, 0) is 0 Å². The van der Waals surface area contributed by atoms with Gasteiger partial charge in [0.05, 0.1) is 17.9 Å². The van der Waals surface area contributed by atoms with Gasteiger partial charge in [0.25, 0.3) is 0 Å². The smallest absolute Gasteiger partial charge is 0.197 e. The summed E-state index contributed by atoms with van der Waals surface area (Å²) in [5, 5.41) is 2.22. The van der Waals surface area contributed by atoms with E-state index in [1.807, 2.05) is 0 Å². The number of rotatable bonds is 3. The third-order valence-electron chi connectivity index (χ3n) is 1.93. The largest absolute Gasteiger partial charge is 0.307 e. The van der Waals surface area contributed by atoms with E-state index in [1.165, 1.54) is 6.20 Å². The van der Waals surface area contributed by atoms with Gasteiger partial charge in [0, 0.05) is 6.20 Å². The van der Waals surface area contributed by atoms with E-state index in [9.17, 15) is 4.79 Å². The normalized spacial score (nSPS) is 15.3. The van der Waals surface area contributed by atoms with E-state index in [4.69, 9.17) is 11.6 Å². The molecule has 0 saturated heterocycles. The van der Waals surface area contributed by atoms with Gasteiger partial charge >= 0.3 is 0 Å². The van der Waals surface area contributed by atoms with Crippen molar-refractivity contribution in [2.75, 3.05) is 13.2 Å². The highest BCUT2D eigenvalue weighted by molar-refractivity contribution is 6.30. The van der Waals surface area contributed by atoms with Crippen LogP contribution in [0, 0.1) is 0 Å². The fourth-order valence-electron chi connectivity index (χ4n) is 1.19. The van der Waals surface area contributed by atoms with E-state index in [1.54, 1.807) is 23.5 Å². The van der Waals surface area contributed by atoms with Gasteiger partial charge in [-0.3, -0.25) is 14.8 Å². The Morgan fingerprint density at radius 2 is 2.47 bits per heavy atom. The monoisotopic (exact) mass is 224 g/mol. The molecule has 1 aliphatic rings. The number of hydrogen-bond acceptors (Lipinski definition) is 5. The van der Waals surface area contributed by atoms with E-state index in [-0.39, 0.29) is 12.3 Å². The molecule has 0 unspecified atom stereocenters. The number of carbonyl (C=O) groups excluding carboxylic acids is 1. The van der Waals surface area contributed by atoms with E-state index in [0.29, 0.717) is 17.4 Å². The van der Waals surface area contributed by atoms with Crippen molar-refractivity contribution in [3.8, 4) is 0 Å². The highest BCUT2D eigenvalue weighted by atomic mass is 35.5. The van der Waals surface area contributed by atoms with E-state index >= 15 is 0 Å². The second-order valence-corrected chi connectivity index (χ2v) is 3.50. The first-order chi connectivity index (χ1) is 7.25. The predicted molar refractivity (Wildman–Crippen MR) is 56.8 cm³/mol. The van der Waals surface area contributed by atoms with Crippen molar-refractivity contribution in [2.45, 2.75) is 0 Å². The van der Waals surface area contributed by atoms with Crippen molar-refractivity contribution in [3.63, 3.8) is 0 Å². The average molecular weight is 225 g/mol. The molecule has 0 fully saturated rings. The molecule has 0 spiro atoms. The minimum Gasteiger partial charge on any atom is -0.307 e. The molecule has 6 heteroatoms. The summed E-state index contributed by atoms with van der Waals surface area (Å²) < 4.78 is 0. The lowest BCUT2D eigenvalue weighted by atomic mass is 10.2. The van der Waals surface area contributed by atoms with Gasteiger partial charge in [0.1, 0.15) is 12.4 Å². The number of nitrogens with zero attached hydrogens (tertiary/aromatic N) is 3. The minimum absolute atomic E-state index is 0.0651. The maximum atomic E-state index is 11.7. The lowest BCUT2D eigenvalue weighted by Crippen LogP contribution is -2.36. The van der Waals surface area contributed by atoms with Gasteiger partial charge in [-0.25, -0.2) is 0 Å². The molecule has 0 amide bonds. The van der Waals surface area contributed by atoms with Crippen molar-refractivity contribution in [1.29, 1.82) is 0 Å². The topological polar surface area (TPSA) is 57.6 Å². The number of carbonyl (C=O) groups is 1. The number of nitrogens with one attached hydrogen (secondary N) is 1. The molecule has 2 heterocycles. The average Bonchev–Trinajstić information content (AvgIpc) is 2.71. The van der Waals surface area contributed by atoms with E-state index in [0.717, 1.165) is 0 Å². The molecule has 1 aromatic heterocycles. The first-order valence-electron chi connectivity index (χ1n) is 4.40. The third kappa shape index (κ3) is 2.51. The highest BCUT2D eigenvalue weighted by Gasteiger charge is 2.14. The van der Waals surface area contributed by atoms with Crippen LogP contribution >= 0.6 is 11.6 Å². The van der Waals surface area contributed by atoms with Crippen LogP contribution in [0.3, 0.4) is 0 Å². The van der Waals surface area contributed by atoms with Gasteiger partial charge in [0.2, 0.25) is 0 Å². The van der Waals surface area contributed by atoms with Crippen LogP contribution in [0.2, 0.25) is 5.02 Å². The maximum Gasteiger partial charge on any atom is 0.197 e. The fourth-order valence-corrected chi connectivity index (χ4v) is 1.31. The Bertz CT molecular complexity index is 382. The van der Waals surface area contributed by atoms with Gasteiger partial charge in [-0.15, -0.1) is 0 Å². The molecule has 78 valence electrons. The van der Waals surface area contributed by atoms with Crippen LogP contribution in [0.4, 0.5) is 0 Å². The lowest BCUT2D eigenvalue weighted by Gasteiger charge is -2.12. The zero-order valence-corrected chi connectivity index (χ0v) is 8.61. The molecule has 2 rings (SSSR count). The fraction of sp³-hybridized carbons (Fsp3) is 0.222. The summed E-state index contributed by atoms with van der Waals surface area (Å²) in [6.07, 6.45) is 3.02. The predicted octanol–water partition coefficient (Wildman–Crippen LogP) is 0.724. The Hall–Kier alpha value is -1.46. The highest BCUT2D eigenvalue weighted by Crippen LogP contribution is 2.07. The van der Waals surface area contributed by atoms with Gasteiger partial charge < -0.3 is 5.43 Å². The van der Waals surface area contributed by atoms with E-state index < -0.39 is 0 Å². The standard InChI is InChI=1S/C9H9ClN4O/c10-7-1-2-8(12-3-7)9(15)4-14-6-11-5-13-14/h1-3,5H,4,6H2,(H,11,13). The van der Waals surface area contributed by atoms with Crippen molar-refractivity contribution in [2.24, 2.45) is 4.99 Å². The molecule has 0 saturated carbocycles. The number of pyridine rings is 1. The summed E-state index contributed by atoms with van der Waals surface area (Å²) in [5.74, 6) is -0.0651. The Morgan fingerprint density at radius 3 is 3.07 bits per heavy atom. The van der Waals surface area contributed by atoms with Gasteiger partial charge in [-0.1, -0.05) is 11.6 Å². The minimum atomic E-state index is -0.0651. The third-order valence-corrected chi connectivity index (χ3v) is 2.16. The SMILES string of the molecule is O=C(CN1CN=CN1)c1ccc(Cl)cn1. The van der Waals surface area contributed by atoms with Crippen molar-refractivity contribution < 1.29 is 4.79 Å². The summed E-state index contributed by atoms with van der Waals surface area (Å²) in [4.78, 5) is 19.5. The molecular formula is C9H9ClN4O. The summed E-state index contributed by atoms with van der Waals surface area (Å²) in [7, 11) is 0. The summed E-state index contributed by atoms with van der Waals surface area (Å²) in [5.41, 5.74) is 3.25. The molecule has 1 aromatic rings. The summed E-state index contributed by atoms with van der Waals surface area (Å²) in [6.45, 7) is 0.730. The summed E-state index contributed by atoms with van der Waals surface area (Å²) in [6, 6.07) is 3.26. The Balaban J connectivity index is 1.98. The zero-order chi connectivity index (χ0) is 10.7. The zero-order valence-electron chi connectivity index (χ0n) is 7.85. The molecule has 0 aromatic carbocycles. The van der Waals surface area contributed by atoms with Crippen molar-refractivity contribution in [3.05, 3.63) is 29.0 Å². The number of hydrazine groups is 1. The van der Waals surface area contributed by atoms with Crippen LogP contribution in [0.15, 0.2) is 23.3 Å². The molecule has 1 N–H and O–H groups in total. The molecule has 0 aliphatic carbocycles. The molecule has 0 bridgehead atoms. The van der Waals surface area contributed by atoms with E-state index in [2.05, 4.69) is 15.4 Å². The van der Waals surface area contributed by atoms with Crippen LogP contribution in [0.25, 0.3) is 0 Å². The van der Waals surface area contributed by atoms with Crippen LogP contribution in [0.1, 0.15) is 10.5 Å². The second kappa shape index (κ2) is 4.37. The molecule has 15 heavy (non-hydrogen) atoms. The number of hydrogen-bond donors (Lipinski definition) is 1. The van der Waals surface area contributed by atoms with Gasteiger partial charge in [-0.2, -0.15) is 5.01 Å². The molecule has 1 aliphatic heterocycles. The number of aliphatic imine (C=N–C) groups is 1. The number of Topliss-reactive ketones (excluding diaryl/α,β-unsaturated/α-hetero) is 1. The Labute approximate surface area is 91.7 Å². The molecule has 0 atom stereocenters. The second-order valence-electron chi connectivity index (χ2n) is 3.06. The Kier molecular flexibility index (Phi) is 2.94. The first kappa shape index (κ1) is 10.1. The van der Waals surface area contributed by atoms with Gasteiger partial charge in [-0.05, 0) is 12.1 Å². The number of halogens is 1. The first-order valence-corrected chi connectivity index (χ1v) is 4.77. The molecular weight excluding hydrogens is 216 g/mol. The number of aromatic nitrogens is 1. The van der Waals surface area contributed by atoms with Gasteiger partial charge in [0.15, 0.2) is 5.78 Å².